The number of rotatable bonds is 0. The van der Waals surface area contributed by atoms with Gasteiger partial charge in [-0.15, -0.1) is 0 Å². The van der Waals surface area contributed by atoms with Crippen molar-refractivity contribution in [2.75, 3.05) is 0 Å². The molecule has 3 aromatic rings. The van der Waals surface area contributed by atoms with E-state index in [0.29, 0.717) is 0 Å². The maximum absolute atomic E-state index is 11.1. The molecular formula is C22H18O2. The number of hydrogen-bond acceptors (Lipinski definition) is 2. The number of aliphatic hydroxyl groups is 2. The standard InChI is InChI=1S/C22H18O2/c1-21(23)17-9-5-3-7-13(17)15-12-20-16(11-19(15)21)14-8-4-6-10-18(14)22(20,2)24/h3-12,23-24H,1-2H3. The predicted octanol–water partition coefficient (Wildman–Crippen LogP) is 4.16. The molecule has 3 aromatic carbocycles. The third kappa shape index (κ3) is 1.48. The molecule has 2 aliphatic carbocycles. The minimum absolute atomic E-state index is 0.912. The van der Waals surface area contributed by atoms with Gasteiger partial charge >= 0.3 is 0 Å². The molecule has 24 heavy (non-hydrogen) atoms. The Bertz CT molecular complexity index is 929. The molecule has 0 fully saturated rings. The summed E-state index contributed by atoms with van der Waals surface area (Å²) in [6, 6.07) is 20.1. The van der Waals surface area contributed by atoms with Crippen molar-refractivity contribution >= 4 is 0 Å². The summed E-state index contributed by atoms with van der Waals surface area (Å²) in [5, 5.41) is 22.3. The maximum Gasteiger partial charge on any atom is 0.113 e. The molecule has 5 rings (SSSR count). The minimum Gasteiger partial charge on any atom is -0.381 e. The van der Waals surface area contributed by atoms with Crippen LogP contribution in [-0.4, -0.2) is 10.2 Å². The summed E-state index contributed by atoms with van der Waals surface area (Å²) in [6.07, 6.45) is 0. The van der Waals surface area contributed by atoms with Crippen LogP contribution >= 0.6 is 0 Å². The molecule has 0 saturated heterocycles. The molecule has 0 saturated carbocycles. The fourth-order valence-electron chi connectivity index (χ4n) is 4.43. The Morgan fingerprint density at radius 1 is 0.542 bits per heavy atom. The number of benzene rings is 3. The second kappa shape index (κ2) is 4.15. The predicted molar refractivity (Wildman–Crippen MR) is 94.7 cm³/mol. The lowest BCUT2D eigenvalue weighted by Crippen LogP contribution is -2.21. The van der Waals surface area contributed by atoms with Crippen molar-refractivity contribution in [1.29, 1.82) is 0 Å². The SMILES string of the molecule is CC1(O)c2ccccc2-c2cc3c(cc21)-c1ccccc1C3(C)O. The van der Waals surface area contributed by atoms with Crippen LogP contribution in [-0.2, 0) is 11.2 Å². The van der Waals surface area contributed by atoms with E-state index < -0.39 is 11.2 Å². The van der Waals surface area contributed by atoms with Crippen molar-refractivity contribution in [2.45, 2.75) is 25.0 Å². The van der Waals surface area contributed by atoms with Crippen molar-refractivity contribution < 1.29 is 10.2 Å². The van der Waals surface area contributed by atoms with Gasteiger partial charge in [0.2, 0.25) is 0 Å². The summed E-state index contributed by atoms with van der Waals surface area (Å²) < 4.78 is 0. The maximum atomic E-state index is 11.1. The zero-order valence-electron chi connectivity index (χ0n) is 13.7. The van der Waals surface area contributed by atoms with Gasteiger partial charge in [0.05, 0.1) is 0 Å². The van der Waals surface area contributed by atoms with E-state index in [1.54, 1.807) is 0 Å². The van der Waals surface area contributed by atoms with Gasteiger partial charge in [-0.3, -0.25) is 0 Å². The fourth-order valence-corrected chi connectivity index (χ4v) is 4.43. The van der Waals surface area contributed by atoms with E-state index in [4.69, 9.17) is 0 Å². The van der Waals surface area contributed by atoms with Crippen LogP contribution in [0.15, 0.2) is 60.7 Å². The molecule has 2 unspecified atom stereocenters. The highest BCUT2D eigenvalue weighted by Crippen LogP contribution is 2.54. The van der Waals surface area contributed by atoms with E-state index in [1.807, 2.05) is 62.4 Å². The van der Waals surface area contributed by atoms with E-state index in [-0.39, 0.29) is 0 Å². The van der Waals surface area contributed by atoms with Crippen LogP contribution < -0.4 is 0 Å². The van der Waals surface area contributed by atoms with Gasteiger partial charge in [0, 0.05) is 0 Å². The first-order valence-electron chi connectivity index (χ1n) is 8.26. The van der Waals surface area contributed by atoms with E-state index >= 15 is 0 Å². The summed E-state index contributed by atoms with van der Waals surface area (Å²) in [6.45, 7) is 3.70. The molecule has 2 aliphatic rings. The first-order chi connectivity index (χ1) is 11.4. The molecule has 2 heteroatoms. The van der Waals surface area contributed by atoms with Gasteiger partial charge in [-0.2, -0.15) is 0 Å². The first kappa shape index (κ1) is 14.0. The first-order valence-corrected chi connectivity index (χ1v) is 8.26. The molecule has 2 atom stereocenters. The van der Waals surface area contributed by atoms with Gasteiger partial charge in [-0.1, -0.05) is 48.5 Å². The average molecular weight is 314 g/mol. The molecule has 2 N–H and O–H groups in total. The lowest BCUT2D eigenvalue weighted by atomic mass is 9.89. The third-order valence-electron chi connectivity index (χ3n) is 5.69. The Hall–Kier alpha value is -2.42. The summed E-state index contributed by atoms with van der Waals surface area (Å²) in [7, 11) is 0. The van der Waals surface area contributed by atoms with E-state index in [9.17, 15) is 10.2 Å². The third-order valence-corrected chi connectivity index (χ3v) is 5.69. The second-order valence-electron chi connectivity index (χ2n) is 7.18. The normalized spacial score (nSPS) is 25.8. The molecule has 0 aliphatic heterocycles. The molecule has 2 nitrogen and oxygen atoms in total. The highest BCUT2D eigenvalue weighted by molar-refractivity contribution is 5.88. The number of fused-ring (bicyclic) bond motifs is 6. The van der Waals surface area contributed by atoms with Crippen LogP contribution in [0.4, 0.5) is 0 Å². The Balaban J connectivity index is 1.88. The van der Waals surface area contributed by atoms with Crippen LogP contribution in [0.5, 0.6) is 0 Å². The monoisotopic (exact) mass is 314 g/mol. The largest absolute Gasteiger partial charge is 0.381 e. The van der Waals surface area contributed by atoms with E-state index in [0.717, 1.165) is 44.5 Å². The molecular weight excluding hydrogens is 296 g/mol. The minimum atomic E-state index is -1.01. The molecule has 0 radical (unpaired) electrons. The molecule has 0 bridgehead atoms. The van der Waals surface area contributed by atoms with Crippen molar-refractivity contribution in [3.63, 3.8) is 0 Å². The topological polar surface area (TPSA) is 40.5 Å². The summed E-state index contributed by atoms with van der Waals surface area (Å²) in [4.78, 5) is 0. The highest BCUT2D eigenvalue weighted by atomic mass is 16.3. The average Bonchev–Trinajstić information content (AvgIpc) is 2.95. The summed E-state index contributed by atoms with van der Waals surface area (Å²) >= 11 is 0. The lowest BCUT2D eigenvalue weighted by molar-refractivity contribution is 0.104. The van der Waals surface area contributed by atoms with Gasteiger partial charge in [0.15, 0.2) is 0 Å². The van der Waals surface area contributed by atoms with Crippen LogP contribution in [0.25, 0.3) is 22.3 Å². The summed E-state index contributed by atoms with van der Waals surface area (Å²) in [5.74, 6) is 0. The summed E-state index contributed by atoms with van der Waals surface area (Å²) in [5.41, 5.74) is 5.79. The Morgan fingerprint density at radius 2 is 0.917 bits per heavy atom. The van der Waals surface area contributed by atoms with Crippen molar-refractivity contribution in [3.8, 4) is 22.3 Å². The molecule has 0 aromatic heterocycles. The van der Waals surface area contributed by atoms with Gasteiger partial charge in [0.25, 0.3) is 0 Å². The van der Waals surface area contributed by atoms with Crippen molar-refractivity contribution in [2.24, 2.45) is 0 Å². The van der Waals surface area contributed by atoms with Gasteiger partial charge in [0.1, 0.15) is 11.2 Å². The quantitative estimate of drug-likeness (QED) is 0.654. The fraction of sp³-hybridized carbons (Fsp3) is 0.182. The zero-order valence-corrected chi connectivity index (χ0v) is 13.7. The Morgan fingerprint density at radius 3 is 1.33 bits per heavy atom. The van der Waals surface area contributed by atoms with Crippen molar-refractivity contribution in [3.05, 3.63) is 82.9 Å². The van der Waals surface area contributed by atoms with Gasteiger partial charge in [-0.05, 0) is 70.5 Å². The van der Waals surface area contributed by atoms with Gasteiger partial charge in [-0.25, -0.2) is 0 Å². The lowest BCUT2D eigenvalue weighted by Gasteiger charge is -2.22. The van der Waals surface area contributed by atoms with E-state index in [1.165, 1.54) is 0 Å². The van der Waals surface area contributed by atoms with Gasteiger partial charge < -0.3 is 10.2 Å². The molecule has 0 spiro atoms. The Labute approximate surface area is 141 Å². The van der Waals surface area contributed by atoms with Crippen molar-refractivity contribution in [1.82, 2.24) is 0 Å². The zero-order chi connectivity index (χ0) is 16.7. The van der Waals surface area contributed by atoms with Crippen LogP contribution in [0, 0.1) is 0 Å². The molecule has 118 valence electrons. The number of hydrogen-bond donors (Lipinski definition) is 2. The van der Waals surface area contributed by atoms with E-state index in [2.05, 4.69) is 12.1 Å². The molecule has 0 amide bonds. The van der Waals surface area contributed by atoms with Crippen LogP contribution in [0.2, 0.25) is 0 Å². The van der Waals surface area contributed by atoms with Crippen LogP contribution in [0.3, 0.4) is 0 Å². The van der Waals surface area contributed by atoms with Crippen LogP contribution in [0.1, 0.15) is 36.1 Å². The second-order valence-corrected chi connectivity index (χ2v) is 7.18. The highest BCUT2D eigenvalue weighted by Gasteiger charge is 2.43. The molecule has 0 heterocycles. The Kier molecular flexibility index (Phi) is 2.42. The smallest absolute Gasteiger partial charge is 0.113 e.